The van der Waals surface area contributed by atoms with Gasteiger partial charge in [-0.2, -0.15) is 14.8 Å². The summed E-state index contributed by atoms with van der Waals surface area (Å²) in [7, 11) is 0. The third-order valence-corrected chi connectivity index (χ3v) is 4.15. The second kappa shape index (κ2) is 8.57. The van der Waals surface area contributed by atoms with Crippen LogP contribution in [0, 0.1) is 12.7 Å². The maximum absolute atomic E-state index is 13.1. The van der Waals surface area contributed by atoms with Crippen LogP contribution in [0.25, 0.3) is 5.69 Å². The maximum Gasteiger partial charge on any atom is 0.276 e. The van der Waals surface area contributed by atoms with E-state index in [1.807, 2.05) is 0 Å². The zero-order valence-electron chi connectivity index (χ0n) is 16.3. The van der Waals surface area contributed by atoms with Crippen LogP contribution in [-0.4, -0.2) is 25.8 Å². The largest absolute Gasteiger partial charge is 0.485 e. The van der Waals surface area contributed by atoms with Crippen molar-refractivity contribution in [2.75, 3.05) is 5.32 Å². The first kappa shape index (κ1) is 20.0. The normalized spacial score (nSPS) is 10.6. The van der Waals surface area contributed by atoms with Crippen molar-refractivity contribution in [1.82, 2.24) is 19.9 Å². The standard InChI is InChI=1S/C21H16FN5O4/c1-13-23-19(26-31-13)12-30-17-8-4-15(5-9-17)24-21(29)18-10-11-20(28)27(25-18)16-6-2-14(22)3-7-16/h2-11H,12H2,1H3,(H,24,29). The molecular weight excluding hydrogens is 405 g/mol. The molecular formula is C21H16FN5O4. The number of ether oxygens (including phenoxy) is 1. The van der Waals surface area contributed by atoms with Crippen LogP contribution in [-0.2, 0) is 6.61 Å². The summed E-state index contributed by atoms with van der Waals surface area (Å²) in [6.45, 7) is 1.84. The maximum atomic E-state index is 13.1. The zero-order chi connectivity index (χ0) is 21.8. The van der Waals surface area contributed by atoms with Gasteiger partial charge in [-0.25, -0.2) is 4.39 Å². The molecule has 0 saturated carbocycles. The van der Waals surface area contributed by atoms with Gasteiger partial charge in [0.2, 0.25) is 11.7 Å². The van der Waals surface area contributed by atoms with E-state index < -0.39 is 17.3 Å². The van der Waals surface area contributed by atoms with E-state index in [9.17, 15) is 14.0 Å². The van der Waals surface area contributed by atoms with E-state index in [4.69, 9.17) is 9.26 Å². The molecule has 0 aliphatic heterocycles. The molecule has 0 spiro atoms. The summed E-state index contributed by atoms with van der Waals surface area (Å²) >= 11 is 0. The van der Waals surface area contributed by atoms with Crippen molar-refractivity contribution in [3.05, 3.63) is 94.2 Å². The lowest BCUT2D eigenvalue weighted by atomic mass is 10.3. The van der Waals surface area contributed by atoms with Crippen LogP contribution in [0.3, 0.4) is 0 Å². The number of aromatic nitrogens is 4. The molecule has 0 aliphatic rings. The predicted molar refractivity (Wildman–Crippen MR) is 108 cm³/mol. The molecule has 2 aromatic heterocycles. The molecule has 2 heterocycles. The Morgan fingerprint density at radius 3 is 2.52 bits per heavy atom. The van der Waals surface area contributed by atoms with Gasteiger partial charge in [0.05, 0.1) is 5.69 Å². The molecule has 4 aromatic rings. The number of halogens is 1. The number of anilines is 1. The van der Waals surface area contributed by atoms with Crippen LogP contribution in [0.2, 0.25) is 0 Å². The molecule has 0 fully saturated rings. The minimum Gasteiger partial charge on any atom is -0.485 e. The van der Waals surface area contributed by atoms with Crippen LogP contribution >= 0.6 is 0 Å². The lowest BCUT2D eigenvalue weighted by molar-refractivity contribution is 0.102. The zero-order valence-corrected chi connectivity index (χ0v) is 16.3. The van der Waals surface area contributed by atoms with E-state index in [0.29, 0.717) is 28.8 Å². The summed E-state index contributed by atoms with van der Waals surface area (Å²) in [6, 6.07) is 14.4. The fourth-order valence-corrected chi connectivity index (χ4v) is 2.68. The Labute approximate surface area is 175 Å². The van der Waals surface area contributed by atoms with E-state index in [1.165, 1.54) is 36.4 Å². The summed E-state index contributed by atoms with van der Waals surface area (Å²) < 4.78 is 24.6. The minimum atomic E-state index is -0.508. The van der Waals surface area contributed by atoms with Gasteiger partial charge in [-0.05, 0) is 54.6 Å². The Kier molecular flexibility index (Phi) is 5.52. The van der Waals surface area contributed by atoms with E-state index in [0.717, 1.165) is 4.68 Å². The number of rotatable bonds is 6. The number of nitrogens with one attached hydrogen (secondary N) is 1. The topological polar surface area (TPSA) is 112 Å². The Balaban J connectivity index is 1.43. The highest BCUT2D eigenvalue weighted by molar-refractivity contribution is 6.02. The highest BCUT2D eigenvalue weighted by Gasteiger charge is 2.12. The van der Waals surface area contributed by atoms with Crippen LogP contribution in [0.5, 0.6) is 5.75 Å². The molecule has 0 radical (unpaired) electrons. The summed E-state index contributed by atoms with van der Waals surface area (Å²) in [5, 5.41) is 10.5. The van der Waals surface area contributed by atoms with Gasteiger partial charge in [-0.1, -0.05) is 5.16 Å². The Morgan fingerprint density at radius 1 is 1.10 bits per heavy atom. The van der Waals surface area contributed by atoms with Crippen LogP contribution in [0.4, 0.5) is 10.1 Å². The van der Waals surface area contributed by atoms with Crippen LogP contribution < -0.4 is 15.6 Å². The molecule has 0 unspecified atom stereocenters. The quantitative estimate of drug-likeness (QED) is 0.509. The number of nitrogens with zero attached hydrogens (tertiary/aromatic N) is 4. The highest BCUT2D eigenvalue weighted by Crippen LogP contribution is 2.17. The van der Waals surface area contributed by atoms with Gasteiger partial charge in [-0.15, -0.1) is 0 Å². The molecule has 156 valence electrons. The molecule has 0 bridgehead atoms. The molecule has 0 atom stereocenters. The third-order valence-electron chi connectivity index (χ3n) is 4.15. The Morgan fingerprint density at radius 2 is 1.84 bits per heavy atom. The van der Waals surface area contributed by atoms with Gasteiger partial charge in [0.25, 0.3) is 11.5 Å². The van der Waals surface area contributed by atoms with Crippen LogP contribution in [0.1, 0.15) is 22.2 Å². The van der Waals surface area contributed by atoms with Gasteiger partial charge >= 0.3 is 0 Å². The fraction of sp³-hybridized carbons (Fsp3) is 0.0952. The highest BCUT2D eigenvalue weighted by atomic mass is 19.1. The van der Waals surface area contributed by atoms with E-state index >= 15 is 0 Å². The lowest BCUT2D eigenvalue weighted by Gasteiger charge is -2.09. The van der Waals surface area contributed by atoms with Crippen molar-refractivity contribution < 1.29 is 18.4 Å². The molecule has 9 nitrogen and oxygen atoms in total. The second-order valence-corrected chi connectivity index (χ2v) is 6.44. The number of carbonyl (C=O) groups is 1. The summed E-state index contributed by atoms with van der Waals surface area (Å²) in [5.41, 5.74) is 0.437. The number of hydrogen-bond acceptors (Lipinski definition) is 7. The van der Waals surface area contributed by atoms with Crippen molar-refractivity contribution in [2.45, 2.75) is 13.5 Å². The third kappa shape index (κ3) is 4.81. The van der Waals surface area contributed by atoms with Crippen molar-refractivity contribution in [1.29, 1.82) is 0 Å². The van der Waals surface area contributed by atoms with Gasteiger partial charge in [0.15, 0.2) is 6.61 Å². The smallest absolute Gasteiger partial charge is 0.276 e. The van der Waals surface area contributed by atoms with Crippen LogP contribution in [0.15, 0.2) is 70.0 Å². The molecule has 31 heavy (non-hydrogen) atoms. The van der Waals surface area contributed by atoms with Crippen molar-refractivity contribution in [2.24, 2.45) is 0 Å². The van der Waals surface area contributed by atoms with Crippen molar-refractivity contribution >= 4 is 11.6 Å². The Hall–Kier alpha value is -4.34. The summed E-state index contributed by atoms with van der Waals surface area (Å²) in [5.74, 6) is 0.494. The van der Waals surface area contributed by atoms with E-state index in [-0.39, 0.29) is 12.3 Å². The number of hydrogen-bond donors (Lipinski definition) is 1. The molecule has 1 amide bonds. The Bertz CT molecular complexity index is 1270. The first-order valence-electron chi connectivity index (χ1n) is 9.18. The number of benzene rings is 2. The molecule has 2 aromatic carbocycles. The first-order chi connectivity index (χ1) is 15.0. The SMILES string of the molecule is Cc1nc(COc2ccc(NC(=O)c3ccc(=O)n(-c4ccc(F)cc4)n3)cc2)no1. The first-order valence-corrected chi connectivity index (χ1v) is 9.18. The van der Waals surface area contributed by atoms with E-state index in [1.54, 1.807) is 31.2 Å². The second-order valence-electron chi connectivity index (χ2n) is 6.44. The van der Waals surface area contributed by atoms with Crippen molar-refractivity contribution in [3.63, 3.8) is 0 Å². The predicted octanol–water partition coefficient (Wildman–Crippen LogP) is 2.89. The lowest BCUT2D eigenvalue weighted by Crippen LogP contribution is -2.24. The van der Waals surface area contributed by atoms with Gasteiger partial charge in [-0.3, -0.25) is 9.59 Å². The molecule has 1 N–H and O–H groups in total. The summed E-state index contributed by atoms with van der Waals surface area (Å²) in [4.78, 5) is 28.7. The van der Waals surface area contributed by atoms with Crippen molar-refractivity contribution in [3.8, 4) is 11.4 Å². The monoisotopic (exact) mass is 421 g/mol. The number of aryl methyl sites for hydroxylation is 1. The van der Waals surface area contributed by atoms with Gasteiger partial charge in [0, 0.05) is 18.7 Å². The average molecular weight is 421 g/mol. The van der Waals surface area contributed by atoms with E-state index in [2.05, 4.69) is 20.6 Å². The minimum absolute atomic E-state index is 0.0247. The summed E-state index contributed by atoms with van der Waals surface area (Å²) in [6.07, 6.45) is 0. The molecule has 0 saturated heterocycles. The average Bonchev–Trinajstić information content (AvgIpc) is 3.19. The van der Waals surface area contributed by atoms with Gasteiger partial charge < -0.3 is 14.6 Å². The molecule has 4 rings (SSSR count). The fourth-order valence-electron chi connectivity index (χ4n) is 2.68. The molecule has 0 aliphatic carbocycles. The number of carbonyl (C=O) groups excluding carboxylic acids is 1. The van der Waals surface area contributed by atoms with Gasteiger partial charge in [0.1, 0.15) is 17.3 Å². The molecule has 10 heteroatoms. The number of amides is 1.